The van der Waals surface area contributed by atoms with Gasteiger partial charge >= 0.3 is 11.7 Å². The number of aliphatic imine (C=N–C) groups is 1. The first-order valence-electron chi connectivity index (χ1n) is 10.9. The summed E-state index contributed by atoms with van der Waals surface area (Å²) in [6.45, 7) is 1.49. The molecular weight excluding hydrogens is 540 g/mol. The molecule has 0 saturated heterocycles. The first kappa shape index (κ1) is 24.7. The lowest BCUT2D eigenvalue weighted by molar-refractivity contribution is 0.256. The second-order valence-electron chi connectivity index (χ2n) is 8.12. The number of carbonyl (C=O) groups is 1. The van der Waals surface area contributed by atoms with Crippen LogP contribution in [0.2, 0.25) is 4.34 Å². The van der Waals surface area contributed by atoms with E-state index in [1.165, 1.54) is 36.4 Å². The van der Waals surface area contributed by atoms with E-state index in [-0.39, 0.29) is 19.9 Å². The van der Waals surface area contributed by atoms with Crippen molar-refractivity contribution in [3.63, 3.8) is 0 Å². The maximum absolute atomic E-state index is 13.1. The third kappa shape index (κ3) is 4.88. The molecule has 37 heavy (non-hydrogen) atoms. The molecule has 2 amide bonds. The van der Waals surface area contributed by atoms with Gasteiger partial charge in [-0.2, -0.15) is 0 Å². The Morgan fingerprint density at radius 2 is 1.86 bits per heavy atom. The van der Waals surface area contributed by atoms with Gasteiger partial charge in [-0.05, 0) is 48.5 Å². The summed E-state index contributed by atoms with van der Waals surface area (Å²) in [7, 11) is -2.15. The van der Waals surface area contributed by atoms with Crippen LogP contribution in [0.15, 0.2) is 73.4 Å². The molecule has 1 aliphatic heterocycles. The van der Waals surface area contributed by atoms with Crippen LogP contribution in [0.4, 0.5) is 10.5 Å². The van der Waals surface area contributed by atoms with E-state index >= 15 is 0 Å². The largest absolute Gasteiger partial charge is 0.358 e. The maximum Gasteiger partial charge on any atom is 0.333 e. The van der Waals surface area contributed by atoms with E-state index in [0.29, 0.717) is 17.4 Å². The number of rotatable bonds is 5. The highest BCUT2D eigenvalue weighted by atomic mass is 35.5. The zero-order chi connectivity index (χ0) is 26.3. The number of nitrogens with zero attached hydrogens (tertiary/aromatic N) is 3. The van der Waals surface area contributed by atoms with Gasteiger partial charge in [0.15, 0.2) is 0 Å². The lowest BCUT2D eigenvalue weighted by Gasteiger charge is -2.14. The van der Waals surface area contributed by atoms with Gasteiger partial charge < -0.3 is 15.2 Å². The molecular formula is C23H19ClN6O5S2. The van der Waals surface area contributed by atoms with E-state index in [1.807, 2.05) is 16.7 Å². The first-order valence-corrected chi connectivity index (χ1v) is 13.5. The van der Waals surface area contributed by atoms with E-state index in [1.54, 1.807) is 18.2 Å². The fourth-order valence-corrected chi connectivity index (χ4v) is 6.29. The number of aromatic nitrogens is 2. The normalized spacial score (nSPS) is 13.6. The zero-order valence-corrected chi connectivity index (χ0v) is 21.6. The summed E-state index contributed by atoms with van der Waals surface area (Å²) in [5.41, 5.74) is 0.579. The Bertz CT molecular complexity index is 1790. The average molecular weight is 559 g/mol. The van der Waals surface area contributed by atoms with Gasteiger partial charge in [0.25, 0.3) is 15.6 Å². The second kappa shape index (κ2) is 9.50. The number of nitrogens with one attached hydrogen (secondary N) is 3. The molecule has 0 unspecified atom stereocenters. The number of urea groups is 1. The van der Waals surface area contributed by atoms with Gasteiger partial charge in [0.2, 0.25) is 0 Å². The molecule has 2 aromatic carbocycles. The van der Waals surface area contributed by atoms with Crippen LogP contribution in [0.5, 0.6) is 0 Å². The smallest absolute Gasteiger partial charge is 0.333 e. The van der Waals surface area contributed by atoms with E-state index < -0.39 is 27.3 Å². The molecule has 1 aliphatic rings. The van der Waals surface area contributed by atoms with Crippen LogP contribution in [0.25, 0.3) is 16.6 Å². The molecule has 0 spiro atoms. The molecule has 11 nitrogen and oxygen atoms in total. The highest BCUT2D eigenvalue weighted by molar-refractivity contribution is 7.92. The Balaban J connectivity index is 1.37. The van der Waals surface area contributed by atoms with Gasteiger partial charge in [0, 0.05) is 24.8 Å². The highest BCUT2D eigenvalue weighted by Gasteiger charge is 2.20. The molecule has 3 N–H and O–H groups in total. The summed E-state index contributed by atoms with van der Waals surface area (Å²) in [6.07, 6.45) is 0. The third-order valence-corrected chi connectivity index (χ3v) is 8.69. The van der Waals surface area contributed by atoms with Crippen LogP contribution in [0.3, 0.4) is 0 Å². The van der Waals surface area contributed by atoms with Crippen molar-refractivity contribution in [1.29, 1.82) is 0 Å². The van der Waals surface area contributed by atoms with E-state index in [0.717, 1.165) is 33.8 Å². The molecule has 0 bridgehead atoms. The van der Waals surface area contributed by atoms with Crippen molar-refractivity contribution in [3.8, 4) is 5.69 Å². The monoisotopic (exact) mass is 558 g/mol. The van der Waals surface area contributed by atoms with Gasteiger partial charge in [-0.1, -0.05) is 17.7 Å². The van der Waals surface area contributed by atoms with Crippen molar-refractivity contribution in [2.24, 2.45) is 4.99 Å². The minimum atomic E-state index is -4.08. The Morgan fingerprint density at radius 3 is 2.51 bits per heavy atom. The fourth-order valence-electron chi connectivity index (χ4n) is 3.90. The van der Waals surface area contributed by atoms with Crippen molar-refractivity contribution < 1.29 is 13.2 Å². The van der Waals surface area contributed by atoms with E-state index in [9.17, 15) is 22.8 Å². The molecule has 0 saturated carbocycles. The summed E-state index contributed by atoms with van der Waals surface area (Å²) in [6, 6.07) is 12.7. The number of fused-ring (bicyclic) bond motifs is 1. The van der Waals surface area contributed by atoms with Crippen LogP contribution in [-0.2, 0) is 10.0 Å². The third-order valence-electron chi connectivity index (χ3n) is 5.64. The van der Waals surface area contributed by atoms with Gasteiger partial charge in [-0.25, -0.2) is 27.3 Å². The number of benzene rings is 2. The molecule has 2 aromatic heterocycles. The molecule has 14 heteroatoms. The van der Waals surface area contributed by atoms with Crippen LogP contribution >= 0.6 is 22.9 Å². The number of H-pyrrole nitrogens is 1. The molecule has 190 valence electrons. The second-order valence-corrected chi connectivity index (χ2v) is 11.7. The standard InChI is InChI=1S/C23H19ClN6O5S2/c1-29-11-10-25-20(29)13-2-7-16-17(12-13)27-23(33)30(21(16)31)15-5-3-14(4-6-15)26-22(32)28-37(34,35)19-9-8-18(24)36-19/h2-9,12H,10-11H2,1H3,(H,27,33)(H2,26,28,32). The number of sulfonamides is 1. The molecule has 0 radical (unpaired) electrons. The number of hydrogen-bond acceptors (Lipinski definition) is 8. The Kier molecular flexibility index (Phi) is 6.35. The highest BCUT2D eigenvalue weighted by Crippen LogP contribution is 2.25. The summed E-state index contributed by atoms with van der Waals surface area (Å²) in [5.74, 6) is 0.797. The molecule has 4 aromatic rings. The average Bonchev–Trinajstić information content (AvgIpc) is 3.48. The minimum Gasteiger partial charge on any atom is -0.358 e. The molecule has 0 atom stereocenters. The van der Waals surface area contributed by atoms with Gasteiger partial charge in [0.1, 0.15) is 10.0 Å². The quantitative estimate of drug-likeness (QED) is 0.343. The Hall–Kier alpha value is -3.94. The van der Waals surface area contributed by atoms with Gasteiger partial charge in [-0.3, -0.25) is 9.79 Å². The number of likely N-dealkylation sites (N-methyl/N-ethyl adjacent to an activating group) is 1. The van der Waals surface area contributed by atoms with Crippen molar-refractivity contribution in [2.45, 2.75) is 4.21 Å². The van der Waals surface area contributed by atoms with Crippen molar-refractivity contribution in [1.82, 2.24) is 19.2 Å². The van der Waals surface area contributed by atoms with Crippen LogP contribution in [0, 0.1) is 0 Å². The van der Waals surface area contributed by atoms with E-state index in [4.69, 9.17) is 11.6 Å². The van der Waals surface area contributed by atoms with Crippen molar-refractivity contribution >= 4 is 61.4 Å². The number of thiophene rings is 1. The molecule has 3 heterocycles. The Morgan fingerprint density at radius 1 is 1.11 bits per heavy atom. The van der Waals surface area contributed by atoms with Gasteiger partial charge in [-0.15, -0.1) is 11.3 Å². The summed E-state index contributed by atoms with van der Waals surface area (Å²) >= 11 is 6.58. The van der Waals surface area contributed by atoms with Crippen LogP contribution in [-0.4, -0.2) is 54.9 Å². The molecule has 5 rings (SSSR count). The first-order chi connectivity index (χ1) is 17.6. The summed E-state index contributed by atoms with van der Waals surface area (Å²) in [5, 5.41) is 2.73. The number of aromatic amines is 1. The topological polar surface area (TPSA) is 146 Å². The van der Waals surface area contributed by atoms with Crippen LogP contribution in [0.1, 0.15) is 5.56 Å². The molecule has 0 aliphatic carbocycles. The van der Waals surface area contributed by atoms with Crippen molar-refractivity contribution in [2.75, 3.05) is 25.5 Å². The SMILES string of the molecule is CN1CCN=C1c1ccc2c(=O)n(-c3ccc(NC(=O)NS(=O)(=O)c4ccc(Cl)s4)cc3)c(=O)[nH]c2c1. The minimum absolute atomic E-state index is 0.103. The Labute approximate surface area is 219 Å². The zero-order valence-electron chi connectivity index (χ0n) is 19.2. The fraction of sp³-hybridized carbons (Fsp3) is 0.130. The van der Waals surface area contributed by atoms with Crippen LogP contribution < -0.4 is 21.3 Å². The maximum atomic E-state index is 13.1. The number of carbonyl (C=O) groups excluding carboxylic acids is 1. The molecule has 0 fully saturated rings. The lowest BCUT2D eigenvalue weighted by Crippen LogP contribution is -2.34. The number of halogens is 1. The number of amides is 2. The number of anilines is 1. The predicted molar refractivity (Wildman–Crippen MR) is 143 cm³/mol. The predicted octanol–water partition coefficient (Wildman–Crippen LogP) is 2.60. The number of amidine groups is 1. The van der Waals surface area contributed by atoms with Gasteiger partial charge in [0.05, 0.1) is 27.5 Å². The summed E-state index contributed by atoms with van der Waals surface area (Å²) < 4.78 is 27.6. The summed E-state index contributed by atoms with van der Waals surface area (Å²) in [4.78, 5) is 47.4. The van der Waals surface area contributed by atoms with E-state index in [2.05, 4.69) is 15.3 Å². The van der Waals surface area contributed by atoms with Crippen molar-refractivity contribution in [3.05, 3.63) is 85.3 Å². The number of hydrogen-bond donors (Lipinski definition) is 3. The lowest BCUT2D eigenvalue weighted by atomic mass is 10.1.